The Bertz CT molecular complexity index is 362. The maximum atomic E-state index is 12.5. The van der Waals surface area contributed by atoms with Gasteiger partial charge in [0.05, 0.1) is 12.7 Å². The first-order valence-electron chi connectivity index (χ1n) is 8.87. The Morgan fingerprint density at radius 3 is 2.27 bits per heavy atom. The predicted molar refractivity (Wildman–Crippen MR) is 84.4 cm³/mol. The summed E-state index contributed by atoms with van der Waals surface area (Å²) < 4.78 is 4.97. The minimum Gasteiger partial charge on any atom is -0.389 e. The van der Waals surface area contributed by atoms with Crippen LogP contribution in [0.25, 0.3) is 0 Å². The lowest BCUT2D eigenvalue weighted by molar-refractivity contribution is -0.127. The van der Waals surface area contributed by atoms with Crippen molar-refractivity contribution in [3.05, 3.63) is 0 Å². The highest BCUT2D eigenvalue weighted by Crippen LogP contribution is 2.49. The van der Waals surface area contributed by atoms with E-state index in [1.54, 1.807) is 7.11 Å². The van der Waals surface area contributed by atoms with Crippen molar-refractivity contribution >= 4 is 5.91 Å². The molecule has 0 radical (unpaired) electrons. The largest absolute Gasteiger partial charge is 0.389 e. The number of hydrogen-bond donors (Lipinski definition) is 2. The van der Waals surface area contributed by atoms with Crippen molar-refractivity contribution in [2.75, 3.05) is 33.4 Å². The van der Waals surface area contributed by atoms with Gasteiger partial charge in [-0.05, 0) is 50.4 Å². The summed E-state index contributed by atoms with van der Waals surface area (Å²) in [6, 6.07) is 0.323. The number of hydrogen-bond acceptors (Lipinski definition) is 4. The third-order valence-electron chi connectivity index (χ3n) is 5.32. The van der Waals surface area contributed by atoms with Gasteiger partial charge in [-0.2, -0.15) is 0 Å². The lowest BCUT2D eigenvalue weighted by Gasteiger charge is -2.34. The van der Waals surface area contributed by atoms with E-state index in [1.807, 2.05) is 0 Å². The fraction of sp³-hybridized carbons (Fsp3) is 0.941. The molecule has 0 bridgehead atoms. The molecular formula is C17H30N2O3. The summed E-state index contributed by atoms with van der Waals surface area (Å²) in [6.07, 6.45) is 6.59. The summed E-state index contributed by atoms with van der Waals surface area (Å²) in [5.41, 5.74) is 0. The second-order valence-corrected chi connectivity index (χ2v) is 7.39. The summed E-state index contributed by atoms with van der Waals surface area (Å²) >= 11 is 0. The number of aliphatic hydroxyl groups is 1. The van der Waals surface area contributed by atoms with E-state index in [0.717, 1.165) is 25.9 Å². The first kappa shape index (κ1) is 16.2. The Morgan fingerprint density at radius 2 is 1.77 bits per heavy atom. The van der Waals surface area contributed by atoms with E-state index in [0.29, 0.717) is 42.9 Å². The van der Waals surface area contributed by atoms with E-state index in [9.17, 15) is 9.90 Å². The summed E-state index contributed by atoms with van der Waals surface area (Å²) in [5, 5.41) is 13.1. The van der Waals surface area contributed by atoms with E-state index < -0.39 is 6.10 Å². The number of methoxy groups -OCH3 is 1. The number of likely N-dealkylation sites (tertiary alicyclic amines) is 1. The molecule has 1 amide bonds. The van der Waals surface area contributed by atoms with Crippen LogP contribution in [0.4, 0.5) is 0 Å². The fourth-order valence-corrected chi connectivity index (χ4v) is 3.82. The van der Waals surface area contributed by atoms with Gasteiger partial charge in [0.2, 0.25) is 5.91 Å². The van der Waals surface area contributed by atoms with Crippen molar-refractivity contribution in [2.24, 2.45) is 17.8 Å². The highest BCUT2D eigenvalue weighted by atomic mass is 16.5. The Hall–Kier alpha value is -0.650. The van der Waals surface area contributed by atoms with Crippen LogP contribution >= 0.6 is 0 Å². The molecule has 2 aliphatic carbocycles. The quantitative estimate of drug-likeness (QED) is 0.702. The van der Waals surface area contributed by atoms with E-state index in [4.69, 9.17) is 4.74 Å². The van der Waals surface area contributed by atoms with Crippen LogP contribution in [0.2, 0.25) is 0 Å². The fourth-order valence-electron chi connectivity index (χ4n) is 3.82. The van der Waals surface area contributed by atoms with Crippen LogP contribution < -0.4 is 5.32 Å². The minimum absolute atomic E-state index is 0.307. The smallest absolute Gasteiger partial charge is 0.223 e. The minimum atomic E-state index is -0.412. The van der Waals surface area contributed by atoms with Crippen LogP contribution in [-0.2, 0) is 9.53 Å². The molecule has 1 saturated heterocycles. The average molecular weight is 310 g/mol. The predicted octanol–water partition coefficient (Wildman–Crippen LogP) is 1.01. The molecule has 5 nitrogen and oxygen atoms in total. The molecule has 1 unspecified atom stereocenters. The topological polar surface area (TPSA) is 61.8 Å². The Balaban J connectivity index is 1.39. The second-order valence-electron chi connectivity index (χ2n) is 7.39. The monoisotopic (exact) mass is 310 g/mol. The number of nitrogens with one attached hydrogen (secondary N) is 1. The summed E-state index contributed by atoms with van der Waals surface area (Å²) in [5.74, 6) is 1.98. The molecule has 1 atom stereocenters. The molecule has 126 valence electrons. The molecule has 2 saturated carbocycles. The van der Waals surface area contributed by atoms with E-state index >= 15 is 0 Å². The molecule has 0 aromatic heterocycles. The number of β-amino-alcohol motifs (C(OH)–C–C–N with tert-alkyl or cyclic N) is 1. The second kappa shape index (κ2) is 7.28. The SMILES string of the molecule is COCC(O)CN1CCC(NC(=O)C(C2CC2)C2CC2)CC1. The van der Waals surface area contributed by atoms with Gasteiger partial charge in [-0.3, -0.25) is 4.79 Å². The number of nitrogens with zero attached hydrogens (tertiary/aromatic N) is 1. The van der Waals surface area contributed by atoms with Gasteiger partial charge in [-0.25, -0.2) is 0 Å². The van der Waals surface area contributed by atoms with Crippen molar-refractivity contribution in [2.45, 2.75) is 50.7 Å². The number of ether oxygens (including phenoxy) is 1. The number of piperidine rings is 1. The van der Waals surface area contributed by atoms with Gasteiger partial charge in [-0.1, -0.05) is 0 Å². The molecule has 0 aromatic rings. The summed E-state index contributed by atoms with van der Waals surface area (Å²) in [7, 11) is 1.61. The van der Waals surface area contributed by atoms with Gasteiger partial charge >= 0.3 is 0 Å². The third-order valence-corrected chi connectivity index (χ3v) is 5.32. The summed E-state index contributed by atoms with van der Waals surface area (Å²) in [6.45, 7) is 2.95. The van der Waals surface area contributed by atoms with Crippen molar-refractivity contribution in [1.82, 2.24) is 10.2 Å². The zero-order valence-corrected chi connectivity index (χ0v) is 13.7. The van der Waals surface area contributed by atoms with Crippen LogP contribution in [0.15, 0.2) is 0 Å². The average Bonchev–Trinajstić information content (AvgIpc) is 3.36. The third kappa shape index (κ3) is 4.43. The molecule has 2 N–H and O–H groups in total. The van der Waals surface area contributed by atoms with Crippen LogP contribution in [0.3, 0.4) is 0 Å². The molecule has 22 heavy (non-hydrogen) atoms. The van der Waals surface area contributed by atoms with Gasteiger partial charge in [0.15, 0.2) is 0 Å². The number of amides is 1. The Labute approximate surface area is 133 Å². The maximum absolute atomic E-state index is 12.5. The van der Waals surface area contributed by atoms with Crippen LogP contribution in [0.1, 0.15) is 38.5 Å². The lowest BCUT2D eigenvalue weighted by Crippen LogP contribution is -2.48. The zero-order valence-electron chi connectivity index (χ0n) is 13.7. The van der Waals surface area contributed by atoms with Crippen molar-refractivity contribution < 1.29 is 14.6 Å². The molecular weight excluding hydrogens is 280 g/mol. The van der Waals surface area contributed by atoms with Crippen molar-refractivity contribution in [3.8, 4) is 0 Å². The maximum Gasteiger partial charge on any atom is 0.223 e. The van der Waals surface area contributed by atoms with E-state index in [2.05, 4.69) is 10.2 Å². The number of carbonyl (C=O) groups is 1. The van der Waals surface area contributed by atoms with Crippen molar-refractivity contribution in [3.63, 3.8) is 0 Å². The van der Waals surface area contributed by atoms with Crippen LogP contribution in [-0.4, -0.2) is 61.4 Å². The number of carbonyl (C=O) groups excluding carboxylic acids is 1. The standard InChI is InChI=1S/C17H30N2O3/c1-22-11-15(20)10-19-8-6-14(7-9-19)18-17(21)16(12-2-3-12)13-4-5-13/h12-16,20H,2-11H2,1H3,(H,18,21). The Kier molecular flexibility index (Phi) is 5.37. The number of rotatable bonds is 8. The first-order chi connectivity index (χ1) is 10.7. The highest BCUT2D eigenvalue weighted by molar-refractivity contribution is 5.80. The van der Waals surface area contributed by atoms with Gasteiger partial charge in [0, 0.05) is 38.7 Å². The summed E-state index contributed by atoms with van der Waals surface area (Å²) in [4.78, 5) is 14.8. The van der Waals surface area contributed by atoms with Gasteiger partial charge < -0.3 is 20.1 Å². The van der Waals surface area contributed by atoms with Crippen LogP contribution in [0.5, 0.6) is 0 Å². The lowest BCUT2D eigenvalue weighted by atomic mass is 9.95. The molecule has 3 fully saturated rings. The van der Waals surface area contributed by atoms with Crippen molar-refractivity contribution in [1.29, 1.82) is 0 Å². The molecule has 0 spiro atoms. The zero-order chi connectivity index (χ0) is 15.5. The highest BCUT2D eigenvalue weighted by Gasteiger charge is 2.45. The molecule has 3 rings (SSSR count). The van der Waals surface area contributed by atoms with E-state index in [-0.39, 0.29) is 0 Å². The molecule has 0 aromatic carbocycles. The van der Waals surface area contributed by atoms with Gasteiger partial charge in [0.1, 0.15) is 0 Å². The van der Waals surface area contributed by atoms with Gasteiger partial charge in [0.25, 0.3) is 0 Å². The van der Waals surface area contributed by atoms with E-state index in [1.165, 1.54) is 25.7 Å². The Morgan fingerprint density at radius 1 is 1.18 bits per heavy atom. The molecule has 1 heterocycles. The molecule has 1 aliphatic heterocycles. The number of aliphatic hydroxyl groups excluding tert-OH is 1. The normalized spacial score (nSPS) is 25.4. The molecule has 3 aliphatic rings. The first-order valence-corrected chi connectivity index (χ1v) is 8.87. The van der Waals surface area contributed by atoms with Gasteiger partial charge in [-0.15, -0.1) is 0 Å². The van der Waals surface area contributed by atoms with Crippen LogP contribution in [0, 0.1) is 17.8 Å². The molecule has 5 heteroatoms.